The number of aromatic carboxylic acids is 1. The highest BCUT2D eigenvalue weighted by molar-refractivity contribution is 5.95. The predicted molar refractivity (Wildman–Crippen MR) is 80.6 cm³/mol. The van der Waals surface area contributed by atoms with Crippen LogP contribution in [0.5, 0.6) is 0 Å². The number of carbonyl (C=O) groups excluding carboxylic acids is 1. The third-order valence-electron chi connectivity index (χ3n) is 4.10. The normalized spacial score (nSPS) is 16.7. The van der Waals surface area contributed by atoms with Crippen molar-refractivity contribution in [3.05, 3.63) is 35.4 Å². The van der Waals surface area contributed by atoms with Crippen LogP contribution in [-0.4, -0.2) is 60.5 Å². The predicted octanol–water partition coefficient (Wildman–Crippen LogP) is 1.80. The molecule has 0 unspecified atom stereocenters. The van der Waals surface area contributed by atoms with E-state index in [0.717, 1.165) is 32.5 Å². The summed E-state index contributed by atoms with van der Waals surface area (Å²) in [6.07, 6.45) is 2.23. The summed E-state index contributed by atoms with van der Waals surface area (Å²) < 4.78 is 0. The second-order valence-corrected chi connectivity index (χ2v) is 5.81. The van der Waals surface area contributed by atoms with E-state index in [9.17, 15) is 9.59 Å². The molecule has 0 saturated carbocycles. The van der Waals surface area contributed by atoms with Gasteiger partial charge in [-0.25, -0.2) is 4.79 Å². The molecular formula is C16H22N2O3. The maximum atomic E-state index is 12.3. The summed E-state index contributed by atoms with van der Waals surface area (Å²) in [5, 5.41) is 8.86. The van der Waals surface area contributed by atoms with Crippen molar-refractivity contribution in [1.82, 2.24) is 9.80 Å². The molecular weight excluding hydrogens is 268 g/mol. The summed E-state index contributed by atoms with van der Waals surface area (Å²) in [7, 11) is 3.93. The molecule has 0 atom stereocenters. The number of benzene rings is 1. The van der Waals surface area contributed by atoms with E-state index in [2.05, 4.69) is 11.9 Å². The minimum atomic E-state index is -0.978. The van der Waals surface area contributed by atoms with Gasteiger partial charge in [-0.2, -0.15) is 0 Å². The van der Waals surface area contributed by atoms with Crippen LogP contribution in [0, 0.1) is 5.92 Å². The van der Waals surface area contributed by atoms with Crippen molar-refractivity contribution in [3.63, 3.8) is 0 Å². The van der Waals surface area contributed by atoms with Crippen LogP contribution in [-0.2, 0) is 0 Å². The third-order valence-corrected chi connectivity index (χ3v) is 4.10. The maximum Gasteiger partial charge on any atom is 0.335 e. The molecule has 1 aromatic carbocycles. The molecule has 114 valence electrons. The molecule has 1 aliphatic rings. The van der Waals surface area contributed by atoms with Crippen molar-refractivity contribution in [2.24, 2.45) is 5.92 Å². The van der Waals surface area contributed by atoms with Gasteiger partial charge in [-0.05, 0) is 63.2 Å². The van der Waals surface area contributed by atoms with Crippen LogP contribution < -0.4 is 0 Å². The van der Waals surface area contributed by atoms with Gasteiger partial charge in [0.05, 0.1) is 5.56 Å². The Morgan fingerprint density at radius 3 is 2.24 bits per heavy atom. The first-order valence-electron chi connectivity index (χ1n) is 7.24. The number of piperidine rings is 1. The van der Waals surface area contributed by atoms with Crippen molar-refractivity contribution in [2.75, 3.05) is 33.7 Å². The first-order valence-corrected chi connectivity index (χ1v) is 7.24. The van der Waals surface area contributed by atoms with Crippen molar-refractivity contribution < 1.29 is 14.7 Å². The molecule has 1 heterocycles. The second-order valence-electron chi connectivity index (χ2n) is 5.81. The topological polar surface area (TPSA) is 60.9 Å². The number of carboxylic acid groups (broad SMARTS) is 1. The highest BCUT2D eigenvalue weighted by atomic mass is 16.4. The molecule has 0 aromatic heterocycles. The maximum absolute atomic E-state index is 12.3. The van der Waals surface area contributed by atoms with Gasteiger partial charge in [-0.15, -0.1) is 0 Å². The van der Waals surface area contributed by atoms with Gasteiger partial charge in [0, 0.05) is 19.2 Å². The Kier molecular flexibility index (Phi) is 4.96. The number of nitrogens with zero attached hydrogens (tertiary/aromatic N) is 2. The largest absolute Gasteiger partial charge is 0.478 e. The molecule has 1 aromatic rings. The van der Waals surface area contributed by atoms with E-state index in [1.54, 1.807) is 17.0 Å². The van der Waals surface area contributed by atoms with E-state index in [0.29, 0.717) is 11.5 Å². The van der Waals surface area contributed by atoms with Crippen LogP contribution in [0.2, 0.25) is 0 Å². The fourth-order valence-corrected chi connectivity index (χ4v) is 2.69. The van der Waals surface area contributed by atoms with Gasteiger partial charge in [-0.3, -0.25) is 4.79 Å². The molecule has 1 aliphatic heterocycles. The minimum Gasteiger partial charge on any atom is -0.478 e. The average Bonchev–Trinajstić information content (AvgIpc) is 2.49. The number of rotatable bonds is 4. The van der Waals surface area contributed by atoms with Crippen LogP contribution in [0.1, 0.15) is 33.6 Å². The first kappa shape index (κ1) is 15.5. The van der Waals surface area contributed by atoms with E-state index in [1.165, 1.54) is 12.1 Å². The van der Waals surface area contributed by atoms with E-state index in [-0.39, 0.29) is 11.5 Å². The van der Waals surface area contributed by atoms with Crippen LogP contribution in [0.3, 0.4) is 0 Å². The Bertz CT molecular complexity index is 505. The zero-order valence-corrected chi connectivity index (χ0v) is 12.6. The lowest BCUT2D eigenvalue weighted by atomic mass is 9.96. The summed E-state index contributed by atoms with van der Waals surface area (Å²) in [5.41, 5.74) is 0.736. The lowest BCUT2D eigenvalue weighted by molar-refractivity contribution is 0.0693. The fourth-order valence-electron chi connectivity index (χ4n) is 2.69. The molecule has 2 rings (SSSR count). The van der Waals surface area contributed by atoms with Crippen molar-refractivity contribution in [2.45, 2.75) is 12.8 Å². The lowest BCUT2D eigenvalue weighted by Gasteiger charge is -2.31. The zero-order chi connectivity index (χ0) is 15.4. The molecule has 1 fully saturated rings. The Hall–Kier alpha value is -1.88. The van der Waals surface area contributed by atoms with E-state index >= 15 is 0 Å². The summed E-state index contributed by atoms with van der Waals surface area (Å²) in [4.78, 5) is 27.2. The highest BCUT2D eigenvalue weighted by Crippen LogP contribution is 2.18. The van der Waals surface area contributed by atoms with E-state index in [1.807, 2.05) is 7.05 Å². The third kappa shape index (κ3) is 4.04. The van der Waals surface area contributed by atoms with Gasteiger partial charge in [0.15, 0.2) is 0 Å². The molecule has 0 spiro atoms. The zero-order valence-electron chi connectivity index (χ0n) is 12.6. The standard InChI is InChI=1S/C16H22N2O3/c1-17-9-7-12(8-10-17)11-18(2)15(19)13-3-5-14(6-4-13)16(20)21/h3-6,12H,7-11H2,1-2H3,(H,20,21). The van der Waals surface area contributed by atoms with Crippen LogP contribution in [0.15, 0.2) is 24.3 Å². The fraction of sp³-hybridized carbons (Fsp3) is 0.500. The summed E-state index contributed by atoms with van der Waals surface area (Å²) in [6, 6.07) is 6.10. The van der Waals surface area contributed by atoms with Gasteiger partial charge >= 0.3 is 5.97 Å². The van der Waals surface area contributed by atoms with Gasteiger partial charge < -0.3 is 14.9 Å². The number of amides is 1. The Labute approximate surface area is 125 Å². The number of carboxylic acids is 1. The smallest absolute Gasteiger partial charge is 0.335 e. The number of hydrogen-bond donors (Lipinski definition) is 1. The number of carbonyl (C=O) groups is 2. The number of hydrogen-bond acceptors (Lipinski definition) is 3. The average molecular weight is 290 g/mol. The van der Waals surface area contributed by atoms with Crippen LogP contribution in [0.25, 0.3) is 0 Å². The molecule has 1 amide bonds. The molecule has 5 nitrogen and oxygen atoms in total. The lowest BCUT2D eigenvalue weighted by Crippen LogP contribution is -2.37. The van der Waals surface area contributed by atoms with Crippen molar-refractivity contribution in [3.8, 4) is 0 Å². The Morgan fingerprint density at radius 1 is 1.19 bits per heavy atom. The first-order chi connectivity index (χ1) is 9.97. The second kappa shape index (κ2) is 6.72. The molecule has 1 saturated heterocycles. The Morgan fingerprint density at radius 2 is 1.71 bits per heavy atom. The van der Waals surface area contributed by atoms with Crippen LogP contribution >= 0.6 is 0 Å². The summed E-state index contributed by atoms with van der Waals surface area (Å²) in [5.74, 6) is -0.479. The van der Waals surface area contributed by atoms with Crippen LogP contribution in [0.4, 0.5) is 0 Å². The van der Waals surface area contributed by atoms with E-state index in [4.69, 9.17) is 5.11 Å². The van der Waals surface area contributed by atoms with Crippen molar-refractivity contribution in [1.29, 1.82) is 0 Å². The van der Waals surface area contributed by atoms with Gasteiger partial charge in [0.25, 0.3) is 5.91 Å². The van der Waals surface area contributed by atoms with Gasteiger partial charge in [-0.1, -0.05) is 0 Å². The quantitative estimate of drug-likeness (QED) is 0.918. The molecule has 0 aliphatic carbocycles. The molecule has 21 heavy (non-hydrogen) atoms. The minimum absolute atomic E-state index is 0.0501. The highest BCUT2D eigenvalue weighted by Gasteiger charge is 2.21. The molecule has 1 N–H and O–H groups in total. The number of likely N-dealkylation sites (tertiary alicyclic amines) is 1. The SMILES string of the molecule is CN1CCC(CN(C)C(=O)c2ccc(C(=O)O)cc2)CC1. The van der Waals surface area contributed by atoms with E-state index < -0.39 is 5.97 Å². The molecule has 0 bridgehead atoms. The van der Waals surface area contributed by atoms with Gasteiger partial charge in [0.1, 0.15) is 0 Å². The van der Waals surface area contributed by atoms with Gasteiger partial charge in [0.2, 0.25) is 0 Å². The summed E-state index contributed by atoms with van der Waals surface area (Å²) in [6.45, 7) is 2.92. The monoisotopic (exact) mass is 290 g/mol. The summed E-state index contributed by atoms with van der Waals surface area (Å²) >= 11 is 0. The Balaban J connectivity index is 1.94. The molecule has 0 radical (unpaired) electrons. The van der Waals surface area contributed by atoms with Crippen molar-refractivity contribution >= 4 is 11.9 Å². The molecule has 5 heteroatoms.